The monoisotopic (exact) mass is 296 g/mol. The molecule has 0 saturated heterocycles. The molecule has 3 atom stereocenters. The van der Waals surface area contributed by atoms with Crippen molar-refractivity contribution in [2.45, 2.75) is 53.6 Å². The van der Waals surface area contributed by atoms with Crippen LogP contribution in [0.1, 0.15) is 65.3 Å². The van der Waals surface area contributed by atoms with Crippen molar-refractivity contribution in [3.63, 3.8) is 0 Å². The number of carbonyl (C=O) groups is 1. The van der Waals surface area contributed by atoms with Gasteiger partial charge in [-0.1, -0.05) is 39.8 Å². The second kappa shape index (κ2) is 5.09. The fourth-order valence-corrected chi connectivity index (χ4v) is 2.92. The predicted octanol–water partition coefficient (Wildman–Crippen LogP) is 3.02. The number of aliphatic carboxylic acids is 1. The Morgan fingerprint density at radius 2 is 2.10 bits per heavy atom. The van der Waals surface area contributed by atoms with Crippen LogP contribution in [0.25, 0.3) is 0 Å². The average molecular weight is 296 g/mol. The molecule has 0 spiro atoms. The van der Waals surface area contributed by atoms with E-state index in [1.54, 1.807) is 0 Å². The van der Waals surface area contributed by atoms with Crippen molar-refractivity contribution in [3.8, 4) is 0 Å². The SMILES string of the molecule is CCOC(c1noc(C2C(C(=O)O)C2(C)C)n1)C(C)(C)C. The van der Waals surface area contributed by atoms with Crippen LogP contribution in [-0.2, 0) is 9.53 Å². The lowest BCUT2D eigenvalue weighted by molar-refractivity contribution is -0.139. The lowest BCUT2D eigenvalue weighted by atomic mass is 9.88. The Kier molecular flexibility index (Phi) is 3.86. The van der Waals surface area contributed by atoms with E-state index in [-0.39, 0.29) is 22.9 Å². The lowest BCUT2D eigenvalue weighted by Crippen LogP contribution is -2.22. The fraction of sp³-hybridized carbons (Fsp3) is 0.800. The molecule has 0 radical (unpaired) electrons. The Balaban J connectivity index is 2.24. The molecule has 21 heavy (non-hydrogen) atoms. The highest BCUT2D eigenvalue weighted by atomic mass is 16.5. The summed E-state index contributed by atoms with van der Waals surface area (Å²) in [6, 6.07) is 0. The smallest absolute Gasteiger partial charge is 0.307 e. The molecule has 1 aromatic rings. The van der Waals surface area contributed by atoms with Crippen LogP contribution in [0.15, 0.2) is 4.52 Å². The van der Waals surface area contributed by atoms with E-state index in [0.717, 1.165) is 0 Å². The van der Waals surface area contributed by atoms with Crippen molar-refractivity contribution >= 4 is 5.97 Å². The van der Waals surface area contributed by atoms with E-state index in [0.29, 0.717) is 18.3 Å². The summed E-state index contributed by atoms with van der Waals surface area (Å²) >= 11 is 0. The molecule has 1 N–H and O–H groups in total. The molecule has 1 fully saturated rings. The van der Waals surface area contributed by atoms with Crippen molar-refractivity contribution in [2.24, 2.45) is 16.7 Å². The van der Waals surface area contributed by atoms with Gasteiger partial charge in [0.05, 0.1) is 11.8 Å². The normalized spacial score (nSPS) is 25.6. The minimum atomic E-state index is -0.818. The van der Waals surface area contributed by atoms with Crippen LogP contribution in [0.5, 0.6) is 0 Å². The molecule has 0 aliphatic heterocycles. The third-order valence-electron chi connectivity index (χ3n) is 4.17. The summed E-state index contributed by atoms with van der Waals surface area (Å²) in [6.07, 6.45) is -0.273. The maximum atomic E-state index is 11.2. The fourth-order valence-electron chi connectivity index (χ4n) is 2.92. The third kappa shape index (κ3) is 2.81. The second-order valence-corrected chi connectivity index (χ2v) is 7.31. The highest BCUT2D eigenvalue weighted by Gasteiger charge is 2.65. The van der Waals surface area contributed by atoms with Gasteiger partial charge in [-0.25, -0.2) is 0 Å². The van der Waals surface area contributed by atoms with E-state index in [1.165, 1.54) is 0 Å². The number of aromatic nitrogens is 2. The maximum Gasteiger partial charge on any atom is 0.307 e. The first-order valence-electron chi connectivity index (χ1n) is 7.28. The van der Waals surface area contributed by atoms with Gasteiger partial charge in [0.15, 0.2) is 0 Å². The Hall–Kier alpha value is -1.43. The largest absolute Gasteiger partial charge is 0.481 e. The number of carboxylic acids is 1. The Morgan fingerprint density at radius 3 is 2.52 bits per heavy atom. The van der Waals surface area contributed by atoms with Crippen molar-refractivity contribution in [2.75, 3.05) is 6.61 Å². The third-order valence-corrected chi connectivity index (χ3v) is 4.17. The number of nitrogens with zero attached hydrogens (tertiary/aromatic N) is 2. The van der Waals surface area contributed by atoms with E-state index >= 15 is 0 Å². The van der Waals surface area contributed by atoms with Gasteiger partial charge >= 0.3 is 5.97 Å². The van der Waals surface area contributed by atoms with Gasteiger partial charge in [0.25, 0.3) is 0 Å². The van der Waals surface area contributed by atoms with Gasteiger partial charge in [-0.2, -0.15) is 4.98 Å². The van der Waals surface area contributed by atoms with Crippen LogP contribution in [0, 0.1) is 16.7 Å². The van der Waals surface area contributed by atoms with Gasteiger partial charge in [0, 0.05) is 6.61 Å². The van der Waals surface area contributed by atoms with Crippen molar-refractivity contribution in [3.05, 3.63) is 11.7 Å². The molecule has 0 bridgehead atoms. The zero-order valence-electron chi connectivity index (χ0n) is 13.5. The second-order valence-electron chi connectivity index (χ2n) is 7.31. The van der Waals surface area contributed by atoms with E-state index in [1.807, 2.05) is 41.5 Å². The summed E-state index contributed by atoms with van der Waals surface area (Å²) < 4.78 is 11.1. The zero-order chi connectivity index (χ0) is 16.0. The molecule has 3 unspecified atom stereocenters. The van der Waals surface area contributed by atoms with Gasteiger partial charge < -0.3 is 14.4 Å². The molecule has 6 nitrogen and oxygen atoms in total. The van der Waals surface area contributed by atoms with Crippen LogP contribution in [0.2, 0.25) is 0 Å². The van der Waals surface area contributed by atoms with Crippen LogP contribution in [0.3, 0.4) is 0 Å². The topological polar surface area (TPSA) is 85.5 Å². The van der Waals surface area contributed by atoms with Crippen LogP contribution >= 0.6 is 0 Å². The highest BCUT2D eigenvalue weighted by molar-refractivity contribution is 5.77. The molecule has 1 aliphatic carbocycles. The van der Waals surface area contributed by atoms with Crippen molar-refractivity contribution < 1.29 is 19.2 Å². The molecular formula is C15H24N2O4. The Labute approximate surface area is 124 Å². The number of rotatable bonds is 5. The summed E-state index contributed by atoms with van der Waals surface area (Å²) in [5, 5.41) is 13.3. The molecule has 1 heterocycles. The van der Waals surface area contributed by atoms with Crippen molar-refractivity contribution in [1.29, 1.82) is 0 Å². The zero-order valence-corrected chi connectivity index (χ0v) is 13.5. The summed E-state index contributed by atoms with van der Waals surface area (Å²) in [6.45, 7) is 12.4. The van der Waals surface area contributed by atoms with Gasteiger partial charge in [-0.15, -0.1) is 0 Å². The summed E-state index contributed by atoms with van der Waals surface area (Å²) in [5.74, 6) is -0.617. The Bertz CT molecular complexity index is 530. The van der Waals surface area contributed by atoms with Gasteiger partial charge in [0.2, 0.25) is 11.7 Å². The highest BCUT2D eigenvalue weighted by Crippen LogP contribution is 2.64. The van der Waals surface area contributed by atoms with Crippen molar-refractivity contribution in [1.82, 2.24) is 10.1 Å². The van der Waals surface area contributed by atoms with Crippen LogP contribution in [-0.4, -0.2) is 27.8 Å². The molecule has 0 amide bonds. The first-order chi connectivity index (χ1) is 9.60. The first kappa shape index (κ1) is 15.9. The number of hydrogen-bond donors (Lipinski definition) is 1. The lowest BCUT2D eigenvalue weighted by Gasteiger charge is -2.27. The predicted molar refractivity (Wildman–Crippen MR) is 75.8 cm³/mol. The molecule has 1 saturated carbocycles. The van der Waals surface area contributed by atoms with E-state index < -0.39 is 11.9 Å². The molecule has 2 rings (SSSR count). The minimum Gasteiger partial charge on any atom is -0.481 e. The summed E-state index contributed by atoms with van der Waals surface area (Å²) in [4.78, 5) is 15.7. The molecule has 118 valence electrons. The Morgan fingerprint density at radius 1 is 1.48 bits per heavy atom. The van der Waals surface area contributed by atoms with Gasteiger partial charge in [-0.05, 0) is 17.8 Å². The molecule has 0 aromatic carbocycles. The number of hydrogen-bond acceptors (Lipinski definition) is 5. The van der Waals surface area contributed by atoms with Crippen LogP contribution < -0.4 is 0 Å². The number of ether oxygens (including phenoxy) is 1. The summed E-state index contributed by atoms with van der Waals surface area (Å²) in [5.41, 5.74) is -0.513. The van der Waals surface area contributed by atoms with Crippen LogP contribution in [0.4, 0.5) is 0 Å². The average Bonchev–Trinajstić information content (AvgIpc) is 2.70. The van der Waals surface area contributed by atoms with E-state index in [2.05, 4.69) is 10.1 Å². The molecule has 6 heteroatoms. The van der Waals surface area contributed by atoms with E-state index in [4.69, 9.17) is 9.26 Å². The molecule has 1 aromatic heterocycles. The maximum absolute atomic E-state index is 11.2. The molecule has 1 aliphatic rings. The number of carboxylic acid groups (broad SMARTS) is 1. The van der Waals surface area contributed by atoms with Gasteiger partial charge in [0.1, 0.15) is 6.10 Å². The van der Waals surface area contributed by atoms with Gasteiger partial charge in [-0.3, -0.25) is 4.79 Å². The standard InChI is InChI=1S/C15H24N2O4/c1-7-20-10(14(2,3)4)11-16-12(21-17-11)8-9(13(18)19)15(8,5)6/h8-10H,7H2,1-6H3,(H,18,19). The summed E-state index contributed by atoms with van der Waals surface area (Å²) in [7, 11) is 0. The first-order valence-corrected chi connectivity index (χ1v) is 7.28. The van der Waals surface area contributed by atoms with E-state index in [9.17, 15) is 9.90 Å². The molecular weight excluding hydrogens is 272 g/mol. The minimum absolute atomic E-state index is 0.164. The quantitative estimate of drug-likeness (QED) is 0.899.